The zero-order valence-corrected chi connectivity index (χ0v) is 16.9. The molecule has 0 bridgehead atoms. The molecule has 0 radical (unpaired) electrons. The highest BCUT2D eigenvalue weighted by atomic mass is 16.5. The molecule has 0 amide bonds. The number of phenolic OH excluding ortho intramolecular Hbond substituents is 2. The quantitative estimate of drug-likeness (QED) is 0.466. The van der Waals surface area contributed by atoms with E-state index >= 15 is 0 Å². The number of aromatic nitrogens is 1. The third-order valence-corrected chi connectivity index (χ3v) is 5.54. The second kappa shape index (κ2) is 7.42. The summed E-state index contributed by atoms with van der Waals surface area (Å²) >= 11 is 0. The zero-order valence-electron chi connectivity index (χ0n) is 16.9. The van der Waals surface area contributed by atoms with Gasteiger partial charge in [0.15, 0.2) is 0 Å². The lowest BCUT2D eigenvalue weighted by Gasteiger charge is -2.27. The number of hydrogen-bond donors (Lipinski definition) is 2. The van der Waals surface area contributed by atoms with Crippen LogP contribution in [0.15, 0.2) is 64.1 Å². The third-order valence-electron chi connectivity index (χ3n) is 5.54. The number of pyridine rings is 1. The fraction of sp³-hybridized carbons (Fsp3) is 0.125. The molecular formula is C24H17NO7. The number of carbonyl (C=O) groups is 1. The molecule has 5 rings (SSSR count). The van der Waals surface area contributed by atoms with Gasteiger partial charge in [0, 0.05) is 29.3 Å². The van der Waals surface area contributed by atoms with E-state index in [4.69, 9.17) is 13.9 Å². The first-order chi connectivity index (χ1) is 15.5. The molecule has 2 aromatic heterocycles. The lowest BCUT2D eigenvalue weighted by Crippen LogP contribution is -2.17. The van der Waals surface area contributed by atoms with Crippen LogP contribution in [-0.2, 0) is 9.53 Å². The Bertz CT molecular complexity index is 1420. The predicted molar refractivity (Wildman–Crippen MR) is 114 cm³/mol. The van der Waals surface area contributed by atoms with Crippen LogP contribution in [0.5, 0.6) is 23.1 Å². The van der Waals surface area contributed by atoms with E-state index in [1.165, 1.54) is 31.6 Å². The van der Waals surface area contributed by atoms with Gasteiger partial charge in [0.1, 0.15) is 34.5 Å². The molecule has 32 heavy (non-hydrogen) atoms. The molecule has 2 aromatic carbocycles. The van der Waals surface area contributed by atoms with Crippen molar-refractivity contribution >= 4 is 16.9 Å². The van der Waals surface area contributed by atoms with Crippen LogP contribution in [0.25, 0.3) is 22.1 Å². The maximum absolute atomic E-state index is 13.3. The number of phenols is 2. The van der Waals surface area contributed by atoms with Gasteiger partial charge in [-0.15, -0.1) is 0 Å². The van der Waals surface area contributed by atoms with Crippen molar-refractivity contribution in [2.75, 3.05) is 7.11 Å². The second-order valence-corrected chi connectivity index (χ2v) is 7.37. The topological polar surface area (TPSA) is 119 Å². The minimum atomic E-state index is -0.555. The van der Waals surface area contributed by atoms with Gasteiger partial charge in [-0.25, -0.2) is 4.98 Å². The maximum atomic E-state index is 13.3. The van der Waals surface area contributed by atoms with Crippen molar-refractivity contribution in [1.29, 1.82) is 0 Å². The highest BCUT2D eigenvalue weighted by molar-refractivity contribution is 5.92. The summed E-state index contributed by atoms with van der Waals surface area (Å²) in [5.74, 6) is -0.718. The van der Waals surface area contributed by atoms with Crippen molar-refractivity contribution < 1.29 is 28.9 Å². The Balaban J connectivity index is 1.77. The summed E-state index contributed by atoms with van der Waals surface area (Å²) in [6.45, 7) is 0. The molecule has 1 aliphatic heterocycles. The Morgan fingerprint density at radius 3 is 2.72 bits per heavy atom. The lowest BCUT2D eigenvalue weighted by molar-refractivity contribution is -0.140. The molecule has 0 saturated heterocycles. The molecule has 3 heterocycles. The first kappa shape index (κ1) is 19.6. The van der Waals surface area contributed by atoms with E-state index in [-0.39, 0.29) is 40.2 Å². The van der Waals surface area contributed by atoms with Crippen molar-refractivity contribution in [3.8, 4) is 34.3 Å². The number of ether oxygens (including phenoxy) is 2. The van der Waals surface area contributed by atoms with Crippen LogP contribution in [0.3, 0.4) is 0 Å². The van der Waals surface area contributed by atoms with Crippen molar-refractivity contribution in [1.82, 2.24) is 4.98 Å². The fourth-order valence-electron chi connectivity index (χ4n) is 4.01. The predicted octanol–water partition coefficient (Wildman–Crippen LogP) is 4.07. The molecule has 1 aliphatic rings. The van der Waals surface area contributed by atoms with E-state index in [0.29, 0.717) is 22.6 Å². The van der Waals surface area contributed by atoms with Crippen LogP contribution >= 0.6 is 0 Å². The molecule has 4 aromatic rings. The molecule has 0 saturated carbocycles. The molecule has 0 spiro atoms. The summed E-state index contributed by atoms with van der Waals surface area (Å²) in [5.41, 5.74) is 1.51. The number of rotatable bonds is 3. The van der Waals surface area contributed by atoms with E-state index in [2.05, 4.69) is 4.98 Å². The average Bonchev–Trinajstić information content (AvgIpc) is 2.79. The number of aromatic hydroxyl groups is 2. The van der Waals surface area contributed by atoms with E-state index in [1.54, 1.807) is 30.5 Å². The van der Waals surface area contributed by atoms with Gasteiger partial charge in [0.25, 0.3) is 0 Å². The largest absolute Gasteiger partial charge is 0.508 e. The molecule has 2 N–H and O–H groups in total. The minimum Gasteiger partial charge on any atom is -0.508 e. The van der Waals surface area contributed by atoms with Gasteiger partial charge in [-0.1, -0.05) is 18.2 Å². The summed E-state index contributed by atoms with van der Waals surface area (Å²) in [7, 11) is 1.30. The van der Waals surface area contributed by atoms with Gasteiger partial charge >= 0.3 is 5.97 Å². The Morgan fingerprint density at radius 1 is 1.19 bits per heavy atom. The van der Waals surface area contributed by atoms with Gasteiger partial charge in [-0.3, -0.25) is 9.59 Å². The molecule has 8 nitrogen and oxygen atoms in total. The third kappa shape index (κ3) is 3.04. The van der Waals surface area contributed by atoms with E-state index in [9.17, 15) is 19.8 Å². The van der Waals surface area contributed by atoms with E-state index in [0.717, 1.165) is 0 Å². The number of carbonyl (C=O) groups excluding carboxylic acids is 1. The van der Waals surface area contributed by atoms with E-state index in [1.807, 2.05) is 0 Å². The molecule has 0 unspecified atom stereocenters. The Hall–Kier alpha value is -4.33. The number of fused-ring (bicyclic) bond motifs is 4. The molecule has 1 atom stereocenters. The van der Waals surface area contributed by atoms with Gasteiger partial charge in [-0.2, -0.15) is 0 Å². The Labute approximate surface area is 181 Å². The fourth-order valence-corrected chi connectivity index (χ4v) is 4.01. The minimum absolute atomic E-state index is 0.0277. The summed E-state index contributed by atoms with van der Waals surface area (Å²) in [4.78, 5) is 29.7. The van der Waals surface area contributed by atoms with Crippen LogP contribution in [0.1, 0.15) is 23.5 Å². The second-order valence-electron chi connectivity index (χ2n) is 7.37. The van der Waals surface area contributed by atoms with Crippen molar-refractivity contribution in [2.45, 2.75) is 12.3 Å². The normalized spacial score (nSPS) is 14.3. The lowest BCUT2D eigenvalue weighted by atomic mass is 9.85. The number of esters is 1. The monoisotopic (exact) mass is 431 g/mol. The Morgan fingerprint density at radius 2 is 1.97 bits per heavy atom. The van der Waals surface area contributed by atoms with Crippen LogP contribution in [0.2, 0.25) is 0 Å². The van der Waals surface area contributed by atoms with Crippen molar-refractivity contribution in [2.24, 2.45) is 0 Å². The molecule has 8 heteroatoms. The number of hydrogen-bond acceptors (Lipinski definition) is 8. The maximum Gasteiger partial charge on any atom is 0.306 e. The smallest absolute Gasteiger partial charge is 0.306 e. The highest BCUT2D eigenvalue weighted by Crippen LogP contribution is 2.49. The standard InChI is InChI=1S/C24H17NO7/c1-30-19(28)9-15-14-3-2-8-25-24(14)32-18-10-17(27)21-22(29)16(11-31-23(21)20(15)18)12-4-6-13(26)7-5-12/h2-8,10-11,15,26-27H,9H2,1H3/t15-/m1/s1. The number of nitrogens with zero attached hydrogens (tertiary/aromatic N) is 1. The van der Waals surface area contributed by atoms with Crippen molar-refractivity contribution in [3.63, 3.8) is 0 Å². The zero-order chi connectivity index (χ0) is 22.4. The number of methoxy groups -OCH3 is 1. The van der Waals surface area contributed by atoms with Gasteiger partial charge in [0.2, 0.25) is 11.3 Å². The summed E-state index contributed by atoms with van der Waals surface area (Å²) in [5, 5.41) is 20.2. The molecule has 160 valence electrons. The number of benzene rings is 2. The molecule has 0 aliphatic carbocycles. The van der Waals surface area contributed by atoms with Crippen LogP contribution in [-0.4, -0.2) is 28.3 Å². The van der Waals surface area contributed by atoms with Crippen LogP contribution in [0, 0.1) is 0 Å². The molecule has 0 fully saturated rings. The SMILES string of the molecule is COC(=O)C[C@@H]1c2cccnc2Oc2cc(O)c3c(=O)c(-c4ccc(O)cc4)coc3c21. The van der Waals surface area contributed by atoms with Crippen LogP contribution in [0.4, 0.5) is 0 Å². The van der Waals surface area contributed by atoms with E-state index < -0.39 is 17.3 Å². The van der Waals surface area contributed by atoms with Crippen LogP contribution < -0.4 is 10.2 Å². The first-order valence-corrected chi connectivity index (χ1v) is 9.78. The average molecular weight is 431 g/mol. The Kier molecular flexibility index (Phi) is 4.55. The summed E-state index contributed by atoms with van der Waals surface area (Å²) in [6.07, 6.45) is 2.82. The highest BCUT2D eigenvalue weighted by Gasteiger charge is 2.34. The van der Waals surface area contributed by atoms with Gasteiger partial charge in [-0.05, 0) is 23.8 Å². The summed E-state index contributed by atoms with van der Waals surface area (Å²) < 4.78 is 16.6. The van der Waals surface area contributed by atoms with Gasteiger partial charge < -0.3 is 24.1 Å². The molecular weight excluding hydrogens is 414 g/mol. The first-order valence-electron chi connectivity index (χ1n) is 9.78. The summed E-state index contributed by atoms with van der Waals surface area (Å²) in [6, 6.07) is 10.9. The van der Waals surface area contributed by atoms with Crippen molar-refractivity contribution in [3.05, 3.63) is 76.3 Å². The van der Waals surface area contributed by atoms with Gasteiger partial charge in [0.05, 0.1) is 19.1 Å².